The molecule has 0 unspecified atom stereocenters. The Morgan fingerprint density at radius 1 is 1.08 bits per heavy atom. The number of carbonyl (C=O) groups excluding carboxylic acids is 1. The zero-order valence-electron chi connectivity index (χ0n) is 20.5. The van der Waals surface area contributed by atoms with E-state index in [1.54, 1.807) is 6.20 Å². The van der Waals surface area contributed by atoms with Gasteiger partial charge in [-0.25, -0.2) is 4.98 Å². The van der Waals surface area contributed by atoms with Gasteiger partial charge in [0.15, 0.2) is 6.29 Å². The number of halogens is 3. The Kier molecular flexibility index (Phi) is 11.6. The Morgan fingerprint density at radius 3 is 2.37 bits per heavy atom. The average Bonchev–Trinajstić information content (AvgIpc) is 3.72. The average molecular weight is 691 g/mol. The second kappa shape index (κ2) is 14.4. The van der Waals surface area contributed by atoms with Crippen LogP contribution in [0.4, 0.5) is 19.0 Å². The van der Waals surface area contributed by atoms with Gasteiger partial charge in [0, 0.05) is 25.1 Å². The Labute approximate surface area is 232 Å². The van der Waals surface area contributed by atoms with Crippen LogP contribution in [0.25, 0.3) is 28.1 Å². The van der Waals surface area contributed by atoms with Crippen LogP contribution in [-0.4, -0.2) is 44.5 Å². The van der Waals surface area contributed by atoms with Crippen molar-refractivity contribution in [3.63, 3.8) is 0 Å². The van der Waals surface area contributed by atoms with Crippen LogP contribution in [0.15, 0.2) is 61.2 Å². The van der Waals surface area contributed by atoms with Gasteiger partial charge >= 0.3 is 27.2 Å². The first-order valence-electron chi connectivity index (χ1n) is 11.2. The normalized spacial score (nSPS) is 12.1. The Balaban J connectivity index is 0.000000251. The molecule has 0 radical (unpaired) electrons. The van der Waals surface area contributed by atoms with E-state index in [9.17, 15) is 18.0 Å². The predicted molar refractivity (Wildman–Crippen MR) is 134 cm³/mol. The summed E-state index contributed by atoms with van der Waals surface area (Å²) in [7, 11) is 1.87. The number of aldehydes is 1. The molecule has 1 aliphatic rings. The van der Waals surface area contributed by atoms with Gasteiger partial charge in [0.25, 0.3) is 0 Å². The number of aryl methyl sites for hydroxylation is 1. The van der Waals surface area contributed by atoms with Gasteiger partial charge in [0.2, 0.25) is 0 Å². The third-order valence-electron chi connectivity index (χ3n) is 5.05. The number of hydrogen-bond donors (Lipinski definition) is 1. The van der Waals surface area contributed by atoms with Crippen LogP contribution in [0, 0.1) is 13.1 Å². The van der Waals surface area contributed by atoms with E-state index >= 15 is 0 Å². The summed E-state index contributed by atoms with van der Waals surface area (Å²) in [4.78, 5) is 22.7. The maximum Gasteiger partial charge on any atom is 2.00 e. The van der Waals surface area contributed by atoms with Gasteiger partial charge in [0.1, 0.15) is 11.5 Å². The largest absolute Gasteiger partial charge is 2.00 e. The Bertz CT molecular complexity index is 1320. The summed E-state index contributed by atoms with van der Waals surface area (Å²) < 4.78 is 35.8. The minimum Gasteiger partial charge on any atom is -0.675 e. The summed E-state index contributed by atoms with van der Waals surface area (Å²) in [6.45, 7) is 2.06. The van der Waals surface area contributed by atoms with Crippen molar-refractivity contribution in [2.75, 3.05) is 12.4 Å². The van der Waals surface area contributed by atoms with E-state index in [2.05, 4.69) is 49.7 Å². The molecule has 12 heteroatoms. The van der Waals surface area contributed by atoms with Gasteiger partial charge in [-0.2, -0.15) is 18.3 Å². The standard InChI is InChI=1S/C17H15N4.C6H3F3N2O.C3H6N.W/c1-12-11-21-17(18-2)10-15(12)14-5-8-20-16(9-14)13-3-6-19-7-4-13;7-6(8,9)4-1-5(3-12)11-10-2-4;4-3-1-2-3;/h3-6,8-11H,1-2H3,(H,18,21);1-3H;3-4H,1-2H2;/q-1;;-1;+2. The van der Waals surface area contributed by atoms with Crippen molar-refractivity contribution in [1.29, 1.82) is 0 Å². The number of alkyl halides is 3. The van der Waals surface area contributed by atoms with Crippen LogP contribution in [-0.2, 0) is 27.2 Å². The molecule has 8 nitrogen and oxygen atoms in total. The van der Waals surface area contributed by atoms with Gasteiger partial charge in [-0.1, -0.05) is 25.2 Å². The first-order valence-corrected chi connectivity index (χ1v) is 11.2. The van der Waals surface area contributed by atoms with Crippen LogP contribution >= 0.6 is 0 Å². The van der Waals surface area contributed by atoms with Crippen molar-refractivity contribution in [3.8, 4) is 22.4 Å². The van der Waals surface area contributed by atoms with E-state index in [0.29, 0.717) is 18.3 Å². The maximum absolute atomic E-state index is 11.9. The van der Waals surface area contributed by atoms with E-state index in [4.69, 9.17) is 5.73 Å². The molecular formula is C26H24F3N7OW. The molecule has 1 saturated carbocycles. The summed E-state index contributed by atoms with van der Waals surface area (Å²) in [5, 5.41) is 9.24. The maximum atomic E-state index is 11.9. The topological polar surface area (TPSA) is 117 Å². The number of anilines is 1. The third-order valence-corrected chi connectivity index (χ3v) is 5.05. The molecule has 0 saturated heterocycles. The van der Waals surface area contributed by atoms with Gasteiger partial charge in [0.05, 0.1) is 11.8 Å². The van der Waals surface area contributed by atoms with Crippen molar-refractivity contribution < 1.29 is 39.0 Å². The number of rotatable bonds is 4. The molecule has 4 aromatic heterocycles. The molecule has 38 heavy (non-hydrogen) atoms. The number of nitrogens with zero attached hydrogens (tertiary/aromatic N) is 5. The van der Waals surface area contributed by atoms with Crippen LogP contribution in [0.5, 0.6) is 0 Å². The first-order chi connectivity index (χ1) is 17.7. The van der Waals surface area contributed by atoms with Crippen LogP contribution in [0.3, 0.4) is 0 Å². The number of aromatic nitrogens is 5. The van der Waals surface area contributed by atoms with E-state index in [-0.39, 0.29) is 33.0 Å². The molecule has 1 fully saturated rings. The molecular weight excluding hydrogens is 667 g/mol. The molecule has 5 rings (SSSR count). The molecule has 0 bridgehead atoms. The number of nitrogens with one attached hydrogen (secondary N) is 2. The summed E-state index contributed by atoms with van der Waals surface area (Å²) in [5.74, 6) is 0.853. The van der Waals surface area contributed by atoms with Crippen LogP contribution < -0.4 is 5.32 Å². The second-order valence-corrected chi connectivity index (χ2v) is 8.00. The SMILES string of the molecule is CNc1cc(-c2ccnc(-c3c[c-]ncc3)c2)c(C)cn1.O=Cc1cc(C(F)(F)F)cnn1.[NH-]C1CC1.[W+2]. The molecule has 4 heterocycles. The number of hydrogen-bond acceptors (Lipinski definition) is 7. The number of carbonyl (C=O) groups is 1. The summed E-state index contributed by atoms with van der Waals surface area (Å²) >= 11 is 0. The van der Waals surface area contributed by atoms with Crippen molar-refractivity contribution in [3.05, 3.63) is 89.9 Å². The Morgan fingerprint density at radius 2 is 1.79 bits per heavy atom. The molecule has 1 aliphatic carbocycles. The third kappa shape index (κ3) is 9.39. The molecule has 196 valence electrons. The fourth-order valence-corrected chi connectivity index (χ4v) is 2.88. The monoisotopic (exact) mass is 691 g/mol. The van der Waals surface area contributed by atoms with Crippen LogP contribution in [0.1, 0.15) is 34.5 Å². The van der Waals surface area contributed by atoms with Crippen molar-refractivity contribution >= 4 is 12.1 Å². The smallest absolute Gasteiger partial charge is 0.675 e. The van der Waals surface area contributed by atoms with Crippen molar-refractivity contribution in [2.24, 2.45) is 0 Å². The molecule has 4 aromatic rings. The van der Waals surface area contributed by atoms with Crippen molar-refractivity contribution in [2.45, 2.75) is 32.0 Å². The van der Waals surface area contributed by atoms with E-state index in [0.717, 1.165) is 46.6 Å². The Hall–Kier alpha value is -3.56. The van der Waals surface area contributed by atoms with Gasteiger partial charge < -0.3 is 16.0 Å². The fraction of sp³-hybridized carbons (Fsp3) is 0.231. The molecule has 0 spiro atoms. The van der Waals surface area contributed by atoms with E-state index < -0.39 is 11.7 Å². The molecule has 2 N–H and O–H groups in total. The predicted octanol–water partition coefficient (Wildman–Crippen LogP) is 5.86. The minimum atomic E-state index is -4.48. The first kappa shape index (κ1) is 30.7. The molecule has 0 aliphatic heterocycles. The summed E-state index contributed by atoms with van der Waals surface area (Å²) in [6, 6.07) is 10.9. The minimum absolute atomic E-state index is 0. The second-order valence-electron chi connectivity index (χ2n) is 8.00. The van der Waals surface area contributed by atoms with Gasteiger partial charge in [-0.05, 0) is 47.9 Å². The van der Waals surface area contributed by atoms with Gasteiger partial charge in [-0.3, -0.25) is 9.78 Å². The quantitative estimate of drug-likeness (QED) is 0.211. The van der Waals surface area contributed by atoms with Gasteiger partial charge in [-0.15, -0.1) is 28.8 Å². The molecule has 0 atom stereocenters. The number of pyridine rings is 3. The zero-order chi connectivity index (χ0) is 26.8. The fourth-order valence-electron chi connectivity index (χ4n) is 2.88. The molecule has 0 aromatic carbocycles. The summed E-state index contributed by atoms with van der Waals surface area (Å²) in [5.41, 5.74) is 10.7. The summed E-state index contributed by atoms with van der Waals surface area (Å²) in [6.07, 6.45) is 6.86. The molecule has 0 amide bonds. The van der Waals surface area contributed by atoms with Crippen LogP contribution in [0.2, 0.25) is 0 Å². The zero-order valence-corrected chi connectivity index (χ0v) is 23.5. The van der Waals surface area contributed by atoms with E-state index in [1.165, 1.54) is 0 Å². The van der Waals surface area contributed by atoms with Crippen molar-refractivity contribution in [1.82, 2.24) is 25.1 Å². The van der Waals surface area contributed by atoms with E-state index in [1.807, 2.05) is 43.7 Å².